The fraction of sp³-hybridized carbons (Fsp3) is 0. The SMILES string of the molecule is N=C=O.N=C=O.O=C=NSSN=C=O. The van der Waals surface area contributed by atoms with Gasteiger partial charge in [-0.1, -0.05) is 0 Å². The number of rotatable bonds is 3. The normalized spacial score (nSPS) is 4.86. The highest BCUT2D eigenvalue weighted by atomic mass is 33.1. The van der Waals surface area contributed by atoms with Gasteiger partial charge in [-0.05, 0) is 0 Å². The maximum absolute atomic E-state index is 9.30. The summed E-state index contributed by atoms with van der Waals surface area (Å²) in [6.45, 7) is 0. The summed E-state index contributed by atoms with van der Waals surface area (Å²) in [7, 11) is 1.53. The third kappa shape index (κ3) is 83.8. The molecule has 74 valence electrons. The minimum Gasteiger partial charge on any atom is -0.222 e. The van der Waals surface area contributed by atoms with Gasteiger partial charge < -0.3 is 0 Å². The Balaban J connectivity index is -0.000000168. The van der Waals surface area contributed by atoms with Gasteiger partial charge in [-0.25, -0.2) is 30.0 Å². The lowest BCUT2D eigenvalue weighted by atomic mass is 11.7. The van der Waals surface area contributed by atoms with E-state index in [1.165, 1.54) is 12.2 Å². The Morgan fingerprint density at radius 3 is 1.14 bits per heavy atom. The molecule has 0 heterocycles. The van der Waals surface area contributed by atoms with Gasteiger partial charge in [-0.15, -0.1) is 8.80 Å². The molecule has 2 N–H and O–H groups in total. The van der Waals surface area contributed by atoms with Crippen molar-refractivity contribution < 1.29 is 19.2 Å². The molecule has 0 radical (unpaired) electrons. The van der Waals surface area contributed by atoms with Crippen LogP contribution in [-0.2, 0) is 19.2 Å². The van der Waals surface area contributed by atoms with Crippen LogP contribution in [0.4, 0.5) is 0 Å². The van der Waals surface area contributed by atoms with Crippen molar-refractivity contribution in [3.05, 3.63) is 0 Å². The number of isocyanates is 4. The van der Waals surface area contributed by atoms with E-state index in [1.807, 2.05) is 0 Å². The minimum absolute atomic E-state index is 0.750. The summed E-state index contributed by atoms with van der Waals surface area (Å²) in [5, 5.41) is 10.8. The zero-order chi connectivity index (χ0) is 11.7. The molecular formula is C4H2N4O4S2. The molecule has 0 unspecified atom stereocenters. The molecule has 0 atom stereocenters. The maximum Gasteiger partial charge on any atom is 0.248 e. The second-order valence-electron chi connectivity index (χ2n) is 0.718. The average molecular weight is 234 g/mol. The first-order chi connectivity index (χ1) is 6.74. The summed E-state index contributed by atoms with van der Waals surface area (Å²) >= 11 is 0. The van der Waals surface area contributed by atoms with Crippen molar-refractivity contribution in [1.82, 2.24) is 0 Å². The van der Waals surface area contributed by atoms with Crippen LogP contribution in [0.3, 0.4) is 0 Å². The molecule has 0 saturated heterocycles. The van der Waals surface area contributed by atoms with Crippen molar-refractivity contribution in [3.63, 3.8) is 0 Å². The summed E-state index contributed by atoms with van der Waals surface area (Å²) in [4.78, 5) is 35.3. The van der Waals surface area contributed by atoms with Gasteiger partial charge in [0.2, 0.25) is 24.3 Å². The number of hydrogen-bond acceptors (Lipinski definition) is 10. The van der Waals surface area contributed by atoms with E-state index in [1.54, 1.807) is 0 Å². The summed E-state index contributed by atoms with van der Waals surface area (Å²) in [5.41, 5.74) is 0. The first-order valence-electron chi connectivity index (χ1n) is 2.30. The average Bonchev–Trinajstić information content (AvgIpc) is 2.15. The summed E-state index contributed by atoms with van der Waals surface area (Å²) in [5.74, 6) is 0. The molecule has 0 bridgehead atoms. The van der Waals surface area contributed by atoms with Gasteiger partial charge in [0, 0.05) is 0 Å². The van der Waals surface area contributed by atoms with Crippen molar-refractivity contribution >= 4 is 46.3 Å². The van der Waals surface area contributed by atoms with Crippen molar-refractivity contribution in [2.75, 3.05) is 0 Å². The third-order valence-corrected chi connectivity index (χ3v) is 1.19. The molecule has 0 aromatic carbocycles. The lowest BCUT2D eigenvalue weighted by molar-refractivity contribution is 0.562. The Morgan fingerprint density at radius 2 is 1.00 bits per heavy atom. The van der Waals surface area contributed by atoms with Gasteiger partial charge in [0.05, 0.1) is 22.0 Å². The quantitative estimate of drug-likeness (QED) is 0.241. The largest absolute Gasteiger partial charge is 0.248 e. The molecule has 0 fully saturated rings. The topological polar surface area (TPSA) is 141 Å². The summed E-state index contributed by atoms with van der Waals surface area (Å²) in [6.07, 6.45) is 4.01. The fourth-order valence-electron chi connectivity index (χ4n) is 0.0638. The summed E-state index contributed by atoms with van der Waals surface area (Å²) in [6, 6.07) is 0. The monoisotopic (exact) mass is 234 g/mol. The van der Waals surface area contributed by atoms with Gasteiger partial charge in [0.1, 0.15) is 0 Å². The predicted molar refractivity (Wildman–Crippen MR) is 48.3 cm³/mol. The van der Waals surface area contributed by atoms with E-state index < -0.39 is 0 Å². The number of carbonyl (C=O) groups excluding carboxylic acids is 4. The van der Waals surface area contributed by atoms with E-state index in [4.69, 9.17) is 20.4 Å². The molecule has 0 aliphatic rings. The van der Waals surface area contributed by atoms with Crippen LogP contribution in [0.2, 0.25) is 0 Å². The van der Waals surface area contributed by atoms with Crippen LogP contribution in [0.25, 0.3) is 0 Å². The zero-order valence-electron chi connectivity index (χ0n) is 6.34. The summed E-state index contributed by atoms with van der Waals surface area (Å²) < 4.78 is 6.02. The highest BCUT2D eigenvalue weighted by Crippen LogP contribution is 2.21. The van der Waals surface area contributed by atoms with Crippen molar-refractivity contribution in [1.29, 1.82) is 10.8 Å². The van der Waals surface area contributed by atoms with Crippen LogP contribution in [0.15, 0.2) is 8.80 Å². The van der Waals surface area contributed by atoms with Crippen molar-refractivity contribution in [3.8, 4) is 0 Å². The minimum atomic E-state index is 0.750. The number of nitrogens with one attached hydrogen (secondary N) is 2. The van der Waals surface area contributed by atoms with Gasteiger partial charge in [0.25, 0.3) is 0 Å². The standard InChI is InChI=1S/C2N2O2S2.2CHNO/c5-1-3-7-8-4-2-6;2*2-1-3/h;2*2H. The molecule has 0 rings (SSSR count). The lowest BCUT2D eigenvalue weighted by Gasteiger charge is -1.70. The Kier molecular flexibility index (Phi) is 39.2. The molecular weight excluding hydrogens is 232 g/mol. The molecule has 0 saturated carbocycles. The Bertz CT molecular complexity index is 252. The van der Waals surface area contributed by atoms with E-state index in [0.717, 1.165) is 34.1 Å². The predicted octanol–water partition coefficient (Wildman–Crippen LogP) is 0.671. The van der Waals surface area contributed by atoms with Crippen molar-refractivity contribution in [2.24, 2.45) is 8.80 Å². The number of hydrogen-bond donors (Lipinski definition) is 2. The fourth-order valence-corrected chi connectivity index (χ4v) is 0.574. The maximum atomic E-state index is 9.30. The molecule has 0 aromatic rings. The van der Waals surface area contributed by atoms with E-state index in [9.17, 15) is 9.59 Å². The molecule has 0 amide bonds. The lowest BCUT2D eigenvalue weighted by Crippen LogP contribution is -1.42. The molecule has 10 heteroatoms. The van der Waals surface area contributed by atoms with Crippen molar-refractivity contribution in [2.45, 2.75) is 0 Å². The van der Waals surface area contributed by atoms with Gasteiger partial charge in [-0.3, -0.25) is 0 Å². The molecule has 0 aromatic heterocycles. The highest BCUT2D eigenvalue weighted by molar-refractivity contribution is 8.75. The van der Waals surface area contributed by atoms with Crippen LogP contribution < -0.4 is 0 Å². The Morgan fingerprint density at radius 1 is 0.786 bits per heavy atom. The zero-order valence-corrected chi connectivity index (χ0v) is 7.98. The van der Waals surface area contributed by atoms with E-state index in [0.29, 0.717) is 0 Å². The van der Waals surface area contributed by atoms with Crippen LogP contribution >= 0.6 is 22.0 Å². The molecule has 8 nitrogen and oxygen atoms in total. The Labute approximate surface area is 85.6 Å². The van der Waals surface area contributed by atoms with Gasteiger partial charge in [-0.2, -0.15) is 0 Å². The first kappa shape index (κ1) is 18.1. The van der Waals surface area contributed by atoms with E-state index >= 15 is 0 Å². The number of nitrogens with zero attached hydrogens (tertiary/aromatic N) is 2. The Hall–Kier alpha value is -1.78. The second kappa shape index (κ2) is 30.3. The molecule has 14 heavy (non-hydrogen) atoms. The highest BCUT2D eigenvalue weighted by Gasteiger charge is 1.76. The van der Waals surface area contributed by atoms with Gasteiger partial charge >= 0.3 is 0 Å². The third-order valence-electron chi connectivity index (χ3n) is 0.182. The van der Waals surface area contributed by atoms with Crippen LogP contribution in [-0.4, -0.2) is 24.3 Å². The van der Waals surface area contributed by atoms with Crippen LogP contribution in [0.5, 0.6) is 0 Å². The first-order valence-corrected chi connectivity index (χ1v) is 4.36. The second-order valence-corrected chi connectivity index (χ2v) is 2.28. The van der Waals surface area contributed by atoms with Crippen LogP contribution in [0.1, 0.15) is 0 Å². The van der Waals surface area contributed by atoms with E-state index in [-0.39, 0.29) is 0 Å². The molecule has 0 spiro atoms. The van der Waals surface area contributed by atoms with E-state index in [2.05, 4.69) is 8.80 Å². The molecule has 0 aliphatic heterocycles. The van der Waals surface area contributed by atoms with Crippen LogP contribution in [0, 0.1) is 10.8 Å². The molecule has 0 aliphatic carbocycles. The van der Waals surface area contributed by atoms with Gasteiger partial charge in [0.15, 0.2) is 0 Å². The smallest absolute Gasteiger partial charge is 0.222 e.